The third-order valence-corrected chi connectivity index (χ3v) is 2.51. The van der Waals surface area contributed by atoms with Gasteiger partial charge in [-0.1, -0.05) is 50.1 Å². The number of hydrazine groups is 1. The van der Waals surface area contributed by atoms with Crippen LogP contribution in [0.3, 0.4) is 0 Å². The first-order chi connectivity index (χ1) is 8.24. The fourth-order valence-electron chi connectivity index (χ4n) is 1.47. The van der Waals surface area contributed by atoms with Crippen LogP contribution in [-0.2, 0) is 4.79 Å². The van der Waals surface area contributed by atoms with Gasteiger partial charge in [-0.15, -0.1) is 0 Å². The molecule has 0 aliphatic heterocycles. The second-order valence-electron chi connectivity index (χ2n) is 3.98. The van der Waals surface area contributed by atoms with E-state index in [1.54, 1.807) is 6.20 Å². The molecule has 0 radical (unpaired) electrons. The molecule has 1 aromatic rings. The Bertz CT molecular complexity index is 360. The summed E-state index contributed by atoms with van der Waals surface area (Å²) < 4.78 is 0. The van der Waals surface area contributed by atoms with Gasteiger partial charge >= 0.3 is 0 Å². The highest BCUT2D eigenvalue weighted by Crippen LogP contribution is 2.04. The van der Waals surface area contributed by atoms with Crippen LogP contribution in [0, 0.1) is 0 Å². The van der Waals surface area contributed by atoms with Crippen molar-refractivity contribution in [2.45, 2.75) is 32.6 Å². The van der Waals surface area contributed by atoms with Crippen LogP contribution in [0.1, 0.15) is 38.2 Å². The van der Waals surface area contributed by atoms with Crippen molar-refractivity contribution in [2.75, 3.05) is 0 Å². The molecule has 1 rings (SSSR count). The van der Waals surface area contributed by atoms with Crippen LogP contribution in [0.4, 0.5) is 0 Å². The molecule has 0 heterocycles. The van der Waals surface area contributed by atoms with Crippen LogP contribution in [0.15, 0.2) is 36.5 Å². The first-order valence-corrected chi connectivity index (χ1v) is 6.04. The van der Waals surface area contributed by atoms with Gasteiger partial charge in [-0.05, 0) is 18.1 Å². The number of hydrogen-bond acceptors (Lipinski definition) is 2. The van der Waals surface area contributed by atoms with Crippen molar-refractivity contribution in [1.29, 1.82) is 0 Å². The summed E-state index contributed by atoms with van der Waals surface area (Å²) in [4.78, 5) is 11.6. The van der Waals surface area contributed by atoms with Gasteiger partial charge in [0.15, 0.2) is 0 Å². The maximum Gasteiger partial charge on any atom is 0.240 e. The maximum atomic E-state index is 11.6. The fraction of sp³-hybridized carbons (Fsp3) is 0.357. The minimum atomic E-state index is -0.0365. The molecular formula is C14H20N2O. The second-order valence-corrected chi connectivity index (χ2v) is 3.98. The van der Waals surface area contributed by atoms with Gasteiger partial charge < -0.3 is 0 Å². The number of amides is 1. The summed E-state index contributed by atoms with van der Waals surface area (Å²) in [5.74, 6) is 5.61. The number of benzene rings is 1. The average Bonchev–Trinajstić information content (AvgIpc) is 2.37. The second kappa shape index (κ2) is 7.63. The molecule has 2 N–H and O–H groups in total. The van der Waals surface area contributed by atoms with E-state index in [-0.39, 0.29) is 5.91 Å². The van der Waals surface area contributed by atoms with Crippen LogP contribution in [-0.4, -0.2) is 10.9 Å². The molecule has 0 fully saturated rings. The third-order valence-electron chi connectivity index (χ3n) is 2.51. The number of nitrogens with zero attached hydrogens (tertiary/aromatic N) is 1. The highest BCUT2D eigenvalue weighted by atomic mass is 16.2. The van der Waals surface area contributed by atoms with E-state index in [4.69, 9.17) is 5.84 Å². The van der Waals surface area contributed by atoms with E-state index in [0.717, 1.165) is 24.8 Å². The van der Waals surface area contributed by atoms with E-state index in [1.165, 1.54) is 5.01 Å². The Morgan fingerprint density at radius 3 is 2.65 bits per heavy atom. The van der Waals surface area contributed by atoms with E-state index in [9.17, 15) is 4.79 Å². The topological polar surface area (TPSA) is 46.3 Å². The molecule has 0 spiro atoms. The van der Waals surface area contributed by atoms with Gasteiger partial charge in [0.2, 0.25) is 5.91 Å². The Hall–Kier alpha value is -1.61. The number of unbranched alkanes of at least 4 members (excludes halogenated alkanes) is 2. The Morgan fingerprint density at radius 2 is 2.00 bits per heavy atom. The number of carbonyl (C=O) groups excluding carboxylic acids is 1. The molecule has 0 aromatic heterocycles. The molecule has 1 aromatic carbocycles. The molecule has 17 heavy (non-hydrogen) atoms. The molecule has 0 saturated heterocycles. The number of carbonyl (C=O) groups is 1. The van der Waals surface area contributed by atoms with E-state index < -0.39 is 0 Å². The van der Waals surface area contributed by atoms with Gasteiger partial charge in [0.25, 0.3) is 0 Å². The Morgan fingerprint density at radius 1 is 1.29 bits per heavy atom. The van der Waals surface area contributed by atoms with Gasteiger partial charge in [-0.25, -0.2) is 5.84 Å². The van der Waals surface area contributed by atoms with Gasteiger partial charge in [-0.2, -0.15) is 0 Å². The summed E-state index contributed by atoms with van der Waals surface area (Å²) in [6.45, 7) is 2.11. The van der Waals surface area contributed by atoms with Gasteiger partial charge in [0.05, 0.1) is 0 Å². The van der Waals surface area contributed by atoms with Crippen LogP contribution < -0.4 is 5.84 Å². The monoisotopic (exact) mass is 232 g/mol. The molecule has 0 aliphatic carbocycles. The molecule has 0 atom stereocenters. The molecular weight excluding hydrogens is 212 g/mol. The smallest absolute Gasteiger partial charge is 0.240 e. The SMILES string of the molecule is CCCCCC(=O)N(N)C=Cc1ccccc1. The first-order valence-electron chi connectivity index (χ1n) is 6.04. The Balaban J connectivity index is 2.40. The van der Waals surface area contributed by atoms with Gasteiger partial charge in [0, 0.05) is 12.6 Å². The van der Waals surface area contributed by atoms with Gasteiger partial charge in [0.1, 0.15) is 0 Å². The lowest BCUT2D eigenvalue weighted by Gasteiger charge is -2.10. The fourth-order valence-corrected chi connectivity index (χ4v) is 1.47. The summed E-state index contributed by atoms with van der Waals surface area (Å²) in [6.07, 6.45) is 7.05. The van der Waals surface area contributed by atoms with Crippen molar-refractivity contribution in [3.05, 3.63) is 42.1 Å². The summed E-state index contributed by atoms with van der Waals surface area (Å²) in [6, 6.07) is 9.78. The Kier molecular flexibility index (Phi) is 6.04. The van der Waals surface area contributed by atoms with E-state index in [1.807, 2.05) is 36.4 Å². The molecule has 1 amide bonds. The third kappa shape index (κ3) is 5.31. The zero-order chi connectivity index (χ0) is 12.5. The summed E-state index contributed by atoms with van der Waals surface area (Å²) in [5.41, 5.74) is 1.03. The van der Waals surface area contributed by atoms with Crippen LogP contribution in [0.25, 0.3) is 6.08 Å². The zero-order valence-electron chi connectivity index (χ0n) is 10.3. The van der Waals surface area contributed by atoms with Gasteiger partial charge in [-0.3, -0.25) is 9.80 Å². The lowest BCUT2D eigenvalue weighted by molar-refractivity contribution is -0.128. The molecule has 0 aliphatic rings. The minimum absolute atomic E-state index is 0.0365. The lowest BCUT2D eigenvalue weighted by atomic mass is 10.2. The highest BCUT2D eigenvalue weighted by Gasteiger charge is 2.04. The van der Waals surface area contributed by atoms with Crippen molar-refractivity contribution in [3.8, 4) is 0 Å². The lowest BCUT2D eigenvalue weighted by Crippen LogP contribution is -2.31. The predicted octanol–water partition coefficient (Wildman–Crippen LogP) is 2.94. The quantitative estimate of drug-likeness (QED) is 0.355. The standard InChI is InChI=1S/C14H20N2O/c1-2-3-5-10-14(17)16(15)12-11-13-8-6-4-7-9-13/h4,6-9,11-12H,2-3,5,10,15H2,1H3. The van der Waals surface area contributed by atoms with Crippen LogP contribution >= 0.6 is 0 Å². The van der Waals surface area contributed by atoms with Crippen molar-refractivity contribution >= 4 is 12.0 Å². The molecule has 0 unspecified atom stereocenters. The van der Waals surface area contributed by atoms with Crippen molar-refractivity contribution in [2.24, 2.45) is 5.84 Å². The van der Waals surface area contributed by atoms with Crippen molar-refractivity contribution in [1.82, 2.24) is 5.01 Å². The van der Waals surface area contributed by atoms with Crippen LogP contribution in [0.2, 0.25) is 0 Å². The number of hydrogen-bond donors (Lipinski definition) is 1. The van der Waals surface area contributed by atoms with E-state index in [2.05, 4.69) is 6.92 Å². The summed E-state index contributed by atoms with van der Waals surface area (Å²) in [5, 5.41) is 1.17. The highest BCUT2D eigenvalue weighted by molar-refractivity contribution is 5.77. The Labute approximate surface area is 103 Å². The molecule has 0 saturated carbocycles. The minimum Gasteiger partial charge on any atom is -0.273 e. The van der Waals surface area contributed by atoms with E-state index in [0.29, 0.717) is 6.42 Å². The van der Waals surface area contributed by atoms with Crippen molar-refractivity contribution in [3.63, 3.8) is 0 Å². The number of rotatable bonds is 6. The molecule has 3 nitrogen and oxygen atoms in total. The van der Waals surface area contributed by atoms with Crippen LogP contribution in [0.5, 0.6) is 0 Å². The van der Waals surface area contributed by atoms with E-state index >= 15 is 0 Å². The largest absolute Gasteiger partial charge is 0.273 e. The van der Waals surface area contributed by atoms with Crippen molar-refractivity contribution < 1.29 is 4.79 Å². The summed E-state index contributed by atoms with van der Waals surface area (Å²) in [7, 11) is 0. The molecule has 0 bridgehead atoms. The molecule has 92 valence electrons. The first kappa shape index (κ1) is 13.5. The number of nitrogens with two attached hydrogens (primary N) is 1. The maximum absolute atomic E-state index is 11.6. The molecule has 3 heteroatoms. The average molecular weight is 232 g/mol. The predicted molar refractivity (Wildman–Crippen MR) is 70.7 cm³/mol. The normalized spacial score (nSPS) is 10.7. The zero-order valence-corrected chi connectivity index (χ0v) is 10.3. The summed E-state index contributed by atoms with van der Waals surface area (Å²) >= 11 is 0.